The largest absolute Gasteiger partial charge is 0.444 e. The minimum Gasteiger partial charge on any atom is -0.444 e. The van der Waals surface area contributed by atoms with Crippen LogP contribution >= 0.6 is 0 Å². The number of hydrogen-bond donors (Lipinski definition) is 2. The molecule has 4 atom stereocenters. The van der Waals surface area contributed by atoms with E-state index in [-0.39, 0.29) is 24.7 Å². The van der Waals surface area contributed by atoms with E-state index in [9.17, 15) is 18.7 Å². The zero-order valence-electron chi connectivity index (χ0n) is 20.6. The first-order valence-electron chi connectivity index (χ1n) is 12.5. The first kappa shape index (κ1) is 26.8. The van der Waals surface area contributed by atoms with E-state index in [4.69, 9.17) is 15.2 Å². The van der Waals surface area contributed by atoms with E-state index in [0.717, 1.165) is 37.0 Å². The van der Waals surface area contributed by atoms with Gasteiger partial charge in [-0.05, 0) is 63.6 Å². The summed E-state index contributed by atoms with van der Waals surface area (Å²) < 4.78 is 39.0. The number of benzene rings is 1. The summed E-state index contributed by atoms with van der Waals surface area (Å²) in [6.45, 7) is 6.11. The van der Waals surface area contributed by atoms with E-state index in [0.29, 0.717) is 6.54 Å². The molecule has 0 bridgehead atoms. The maximum atomic E-state index is 13.6. The molecular weight excluding hydrogens is 442 g/mol. The Morgan fingerprint density at radius 1 is 1.18 bits per heavy atom. The van der Waals surface area contributed by atoms with Crippen LogP contribution in [0, 0.1) is 17.6 Å². The van der Waals surface area contributed by atoms with Crippen LogP contribution in [0.3, 0.4) is 0 Å². The molecule has 3 rings (SSSR count). The molecule has 1 heterocycles. The Balaban J connectivity index is 1.65. The van der Waals surface area contributed by atoms with Crippen molar-refractivity contribution in [1.82, 2.24) is 4.90 Å². The molecule has 6 nitrogen and oxygen atoms in total. The summed E-state index contributed by atoms with van der Waals surface area (Å²) in [5.74, 6) is -0.836. The summed E-state index contributed by atoms with van der Waals surface area (Å²) in [6.07, 6.45) is 6.79. The standard InChI is InChI=1S/C26H40F2N2O4/c1-26(2,3)34-25(32)30-15-22(10-9-17-7-5-4-6-8-17)33-16-21(30)14-23(29)24(31)18-11-19(27)13-20(28)12-18/h11-13,17,21-24,31H,4-10,14-16,29H2,1-3H3. The number of amides is 1. The van der Waals surface area contributed by atoms with Gasteiger partial charge in [0.15, 0.2) is 0 Å². The van der Waals surface area contributed by atoms with Crippen LogP contribution in [0.5, 0.6) is 0 Å². The summed E-state index contributed by atoms with van der Waals surface area (Å²) in [4.78, 5) is 14.7. The molecule has 4 unspecified atom stereocenters. The average molecular weight is 483 g/mol. The number of aliphatic hydroxyl groups excluding tert-OH is 1. The van der Waals surface area contributed by atoms with Crippen molar-refractivity contribution in [3.8, 4) is 0 Å². The van der Waals surface area contributed by atoms with Crippen LogP contribution < -0.4 is 5.73 Å². The predicted molar refractivity (Wildman–Crippen MR) is 126 cm³/mol. The summed E-state index contributed by atoms with van der Waals surface area (Å²) in [6, 6.07) is 1.62. The summed E-state index contributed by atoms with van der Waals surface area (Å²) in [5, 5.41) is 10.6. The highest BCUT2D eigenvalue weighted by Gasteiger charge is 2.37. The summed E-state index contributed by atoms with van der Waals surface area (Å²) in [5.41, 5.74) is 5.64. The molecule has 1 aliphatic heterocycles. The van der Waals surface area contributed by atoms with Gasteiger partial charge in [0.2, 0.25) is 0 Å². The minimum atomic E-state index is -1.28. The van der Waals surface area contributed by atoms with Crippen LogP contribution in [0.2, 0.25) is 0 Å². The second kappa shape index (κ2) is 11.8. The van der Waals surface area contributed by atoms with E-state index in [1.165, 1.54) is 32.1 Å². The van der Waals surface area contributed by atoms with E-state index >= 15 is 0 Å². The number of nitrogens with zero attached hydrogens (tertiary/aromatic N) is 1. The van der Waals surface area contributed by atoms with Gasteiger partial charge in [0.25, 0.3) is 0 Å². The highest BCUT2D eigenvalue weighted by molar-refractivity contribution is 5.68. The summed E-state index contributed by atoms with van der Waals surface area (Å²) in [7, 11) is 0. The fraction of sp³-hybridized carbons (Fsp3) is 0.731. The molecule has 1 saturated heterocycles. The van der Waals surface area contributed by atoms with Crippen molar-refractivity contribution in [3.63, 3.8) is 0 Å². The normalized spacial score (nSPS) is 24.0. The summed E-state index contributed by atoms with van der Waals surface area (Å²) >= 11 is 0. The Bertz CT molecular complexity index is 790. The number of carbonyl (C=O) groups is 1. The van der Waals surface area contributed by atoms with Crippen LogP contribution in [-0.4, -0.2) is 53.0 Å². The third-order valence-electron chi connectivity index (χ3n) is 6.79. The lowest BCUT2D eigenvalue weighted by Crippen LogP contribution is -2.55. The van der Waals surface area contributed by atoms with Gasteiger partial charge in [0.1, 0.15) is 17.2 Å². The third kappa shape index (κ3) is 7.89. The van der Waals surface area contributed by atoms with Gasteiger partial charge in [-0.2, -0.15) is 0 Å². The number of hydrogen-bond acceptors (Lipinski definition) is 5. The van der Waals surface area contributed by atoms with Crippen LogP contribution in [0.4, 0.5) is 13.6 Å². The van der Waals surface area contributed by atoms with E-state index in [1.807, 2.05) is 20.8 Å². The molecule has 0 spiro atoms. The number of nitrogens with two attached hydrogens (primary N) is 1. The zero-order valence-corrected chi connectivity index (χ0v) is 20.6. The van der Waals surface area contributed by atoms with Gasteiger partial charge in [0.05, 0.1) is 31.4 Å². The molecule has 8 heteroatoms. The minimum absolute atomic E-state index is 0.0657. The van der Waals surface area contributed by atoms with Crippen molar-refractivity contribution in [2.45, 2.75) is 102 Å². The smallest absolute Gasteiger partial charge is 0.410 e. The van der Waals surface area contributed by atoms with Crippen LogP contribution in [0.25, 0.3) is 0 Å². The van der Waals surface area contributed by atoms with Crippen LogP contribution in [-0.2, 0) is 9.47 Å². The Morgan fingerprint density at radius 2 is 1.82 bits per heavy atom. The predicted octanol–water partition coefficient (Wildman–Crippen LogP) is 5.08. The Kier molecular flexibility index (Phi) is 9.29. The third-order valence-corrected chi connectivity index (χ3v) is 6.79. The van der Waals surface area contributed by atoms with Gasteiger partial charge in [0, 0.05) is 12.1 Å². The first-order valence-corrected chi connectivity index (χ1v) is 12.5. The number of morpholine rings is 1. The topological polar surface area (TPSA) is 85.0 Å². The number of rotatable bonds is 7. The molecular formula is C26H40F2N2O4. The quantitative estimate of drug-likeness (QED) is 0.566. The average Bonchev–Trinajstić information content (AvgIpc) is 2.76. The van der Waals surface area contributed by atoms with Crippen LogP contribution in [0.15, 0.2) is 18.2 Å². The number of halogens is 2. The van der Waals surface area contributed by atoms with Crippen molar-refractivity contribution < 1.29 is 28.2 Å². The second-order valence-electron chi connectivity index (χ2n) is 10.9. The zero-order chi connectivity index (χ0) is 24.9. The molecule has 1 amide bonds. The molecule has 1 aromatic rings. The van der Waals surface area contributed by atoms with Crippen LogP contribution in [0.1, 0.15) is 83.8 Å². The molecule has 1 aliphatic carbocycles. The van der Waals surface area contributed by atoms with Gasteiger partial charge in [-0.15, -0.1) is 0 Å². The molecule has 0 radical (unpaired) electrons. The maximum absolute atomic E-state index is 13.6. The molecule has 3 N–H and O–H groups in total. The lowest BCUT2D eigenvalue weighted by molar-refractivity contribution is -0.0786. The SMILES string of the molecule is CC(C)(C)OC(=O)N1CC(CCC2CCCCC2)OCC1CC(N)C(O)c1cc(F)cc(F)c1. The first-order chi connectivity index (χ1) is 16.0. The Morgan fingerprint density at radius 3 is 2.44 bits per heavy atom. The van der Waals surface area contributed by atoms with Gasteiger partial charge in [-0.25, -0.2) is 13.6 Å². The van der Waals surface area contributed by atoms with Crippen molar-refractivity contribution >= 4 is 6.09 Å². The van der Waals surface area contributed by atoms with Crippen molar-refractivity contribution in [3.05, 3.63) is 35.4 Å². The Hall–Kier alpha value is -1.77. The molecule has 34 heavy (non-hydrogen) atoms. The van der Waals surface area contributed by atoms with E-state index in [2.05, 4.69) is 0 Å². The number of ether oxygens (including phenoxy) is 2. The molecule has 1 saturated carbocycles. The molecule has 192 valence electrons. The van der Waals surface area contributed by atoms with Crippen molar-refractivity contribution in [2.24, 2.45) is 11.7 Å². The fourth-order valence-corrected chi connectivity index (χ4v) is 5.01. The highest BCUT2D eigenvalue weighted by Crippen LogP contribution is 2.30. The van der Waals surface area contributed by atoms with Gasteiger partial charge in [-0.3, -0.25) is 0 Å². The van der Waals surface area contributed by atoms with Gasteiger partial charge >= 0.3 is 6.09 Å². The van der Waals surface area contributed by atoms with Crippen molar-refractivity contribution in [2.75, 3.05) is 13.2 Å². The van der Waals surface area contributed by atoms with Gasteiger partial charge in [-0.1, -0.05) is 32.1 Å². The second-order valence-corrected chi connectivity index (χ2v) is 10.9. The monoisotopic (exact) mass is 482 g/mol. The maximum Gasteiger partial charge on any atom is 0.410 e. The highest BCUT2D eigenvalue weighted by atomic mass is 19.1. The fourth-order valence-electron chi connectivity index (χ4n) is 5.01. The lowest BCUT2D eigenvalue weighted by atomic mass is 9.85. The molecule has 0 aromatic heterocycles. The van der Waals surface area contributed by atoms with Crippen molar-refractivity contribution in [1.29, 1.82) is 0 Å². The Labute approximate surface area is 201 Å². The van der Waals surface area contributed by atoms with Gasteiger partial charge < -0.3 is 25.2 Å². The molecule has 2 fully saturated rings. The molecule has 2 aliphatic rings. The van der Waals surface area contributed by atoms with E-state index < -0.39 is 41.5 Å². The molecule has 1 aromatic carbocycles. The lowest BCUT2D eigenvalue weighted by Gasteiger charge is -2.41. The number of aliphatic hydroxyl groups is 1. The van der Waals surface area contributed by atoms with E-state index in [1.54, 1.807) is 4.90 Å². The number of carbonyl (C=O) groups excluding carboxylic acids is 1.